The van der Waals surface area contributed by atoms with Gasteiger partial charge in [-0.25, -0.2) is 4.68 Å². The minimum atomic E-state index is -0.348. The van der Waals surface area contributed by atoms with Crippen molar-refractivity contribution in [1.82, 2.24) is 14.8 Å². The van der Waals surface area contributed by atoms with E-state index in [1.165, 1.54) is 11.8 Å². The largest absolute Gasteiger partial charge is 0.495 e. The molecule has 0 saturated heterocycles. The van der Waals surface area contributed by atoms with Gasteiger partial charge in [-0.2, -0.15) is 4.98 Å². The summed E-state index contributed by atoms with van der Waals surface area (Å²) in [5.41, 5.74) is 1.96. The lowest BCUT2D eigenvalue weighted by Crippen LogP contribution is -2.31. The zero-order valence-corrected chi connectivity index (χ0v) is 17.2. The van der Waals surface area contributed by atoms with Gasteiger partial charge in [0.15, 0.2) is 0 Å². The molecular weight excluding hydrogens is 394 g/mol. The Hall–Kier alpha value is -2.78. The third-order valence-electron chi connectivity index (χ3n) is 4.43. The number of methoxy groups -OCH3 is 1. The Bertz CT molecular complexity index is 1040. The number of anilines is 2. The maximum absolute atomic E-state index is 13.3. The first-order valence-electron chi connectivity index (χ1n) is 8.58. The summed E-state index contributed by atoms with van der Waals surface area (Å²) < 4.78 is 7.14. The van der Waals surface area contributed by atoms with Crippen molar-refractivity contribution in [3.05, 3.63) is 57.9 Å². The smallest absolute Gasteiger partial charge is 0.256 e. The second-order valence-electron chi connectivity index (χ2n) is 6.10. The first-order valence-corrected chi connectivity index (χ1v) is 10.7. The van der Waals surface area contributed by atoms with E-state index in [1.807, 2.05) is 55.0 Å². The van der Waals surface area contributed by atoms with Crippen LogP contribution in [-0.4, -0.2) is 34.0 Å². The number of hydrogen-bond donors (Lipinski definition) is 2. The van der Waals surface area contributed by atoms with Crippen molar-refractivity contribution < 1.29 is 9.53 Å². The van der Waals surface area contributed by atoms with Gasteiger partial charge in [-0.1, -0.05) is 30.0 Å². The molecule has 7 nitrogen and oxygen atoms in total. The van der Waals surface area contributed by atoms with Crippen molar-refractivity contribution in [2.45, 2.75) is 18.1 Å². The molecule has 0 fully saturated rings. The summed E-state index contributed by atoms with van der Waals surface area (Å²) in [5.74, 6) is 1.03. The highest BCUT2D eigenvalue weighted by Gasteiger charge is 2.35. The molecule has 1 aliphatic rings. The number of fused-ring (bicyclic) bond motifs is 1. The van der Waals surface area contributed by atoms with Crippen molar-refractivity contribution in [3.63, 3.8) is 0 Å². The SMILES string of the molecule is COc1ccccc1NC(=O)C1=C(C)Nc2nc(SC)nn2[C@H]1c1cccs1. The minimum Gasteiger partial charge on any atom is -0.495 e. The number of amides is 1. The number of para-hydroxylation sites is 2. The molecule has 1 aromatic carbocycles. The molecule has 1 aliphatic heterocycles. The lowest BCUT2D eigenvalue weighted by atomic mass is 10.0. The highest BCUT2D eigenvalue weighted by Crippen LogP contribution is 2.38. The van der Waals surface area contributed by atoms with Crippen molar-refractivity contribution in [2.24, 2.45) is 0 Å². The summed E-state index contributed by atoms with van der Waals surface area (Å²) in [7, 11) is 1.58. The molecule has 0 unspecified atom stereocenters. The lowest BCUT2D eigenvalue weighted by Gasteiger charge is -2.27. The van der Waals surface area contributed by atoms with Gasteiger partial charge >= 0.3 is 0 Å². The number of nitrogens with one attached hydrogen (secondary N) is 2. The third kappa shape index (κ3) is 3.27. The number of allylic oxidation sites excluding steroid dienone is 1. The van der Waals surface area contributed by atoms with Gasteiger partial charge in [0.05, 0.1) is 18.4 Å². The van der Waals surface area contributed by atoms with Gasteiger partial charge in [0.2, 0.25) is 11.1 Å². The zero-order valence-electron chi connectivity index (χ0n) is 15.6. The number of rotatable bonds is 5. The monoisotopic (exact) mass is 413 g/mol. The topological polar surface area (TPSA) is 81.1 Å². The van der Waals surface area contributed by atoms with Crippen LogP contribution >= 0.6 is 23.1 Å². The number of thioether (sulfide) groups is 1. The highest BCUT2D eigenvalue weighted by atomic mass is 32.2. The van der Waals surface area contributed by atoms with E-state index in [0.717, 1.165) is 10.6 Å². The molecule has 144 valence electrons. The molecule has 4 rings (SSSR count). The maximum atomic E-state index is 13.3. The summed E-state index contributed by atoms with van der Waals surface area (Å²) in [5, 5.41) is 13.4. The van der Waals surface area contributed by atoms with Crippen LogP contribution in [0.5, 0.6) is 5.75 Å². The van der Waals surface area contributed by atoms with Gasteiger partial charge in [-0.3, -0.25) is 4.79 Å². The van der Waals surface area contributed by atoms with Crippen molar-refractivity contribution in [1.29, 1.82) is 0 Å². The average Bonchev–Trinajstić information content (AvgIpc) is 3.36. The summed E-state index contributed by atoms with van der Waals surface area (Å²) in [4.78, 5) is 18.8. The number of hydrogen-bond acceptors (Lipinski definition) is 7. The first kappa shape index (κ1) is 18.6. The molecule has 0 bridgehead atoms. The zero-order chi connectivity index (χ0) is 19.7. The number of benzene rings is 1. The molecule has 0 radical (unpaired) electrons. The van der Waals surface area contributed by atoms with Crippen LogP contribution < -0.4 is 15.4 Å². The Morgan fingerprint density at radius 1 is 1.32 bits per heavy atom. The van der Waals surface area contributed by atoms with Crippen LogP contribution in [0.1, 0.15) is 17.8 Å². The van der Waals surface area contributed by atoms with Crippen LogP contribution in [0.25, 0.3) is 0 Å². The van der Waals surface area contributed by atoms with E-state index in [0.29, 0.717) is 28.1 Å². The van der Waals surface area contributed by atoms with Gasteiger partial charge in [0, 0.05) is 10.6 Å². The molecule has 9 heteroatoms. The standard InChI is InChI=1S/C19H19N5O2S2/c1-11-15(17(25)21-12-7-4-5-8-13(12)26-2)16(14-9-6-10-28-14)24-18(20-11)22-19(23-24)27-3/h4-10,16H,1-3H3,(H,21,25)(H,20,22,23)/t16-/m0/s1. The van der Waals surface area contributed by atoms with Crippen LogP contribution in [0.4, 0.5) is 11.6 Å². The van der Waals surface area contributed by atoms with Crippen LogP contribution in [-0.2, 0) is 4.79 Å². The summed E-state index contributed by atoms with van der Waals surface area (Å²) in [6.07, 6.45) is 1.93. The number of aromatic nitrogens is 3. The second kappa shape index (κ2) is 7.69. The molecule has 1 atom stereocenters. The number of carbonyl (C=O) groups excluding carboxylic acids is 1. The predicted octanol–water partition coefficient (Wildman–Crippen LogP) is 4.00. The molecule has 2 aromatic heterocycles. The molecule has 0 saturated carbocycles. The molecule has 0 aliphatic carbocycles. The van der Waals surface area contributed by atoms with Gasteiger partial charge in [-0.05, 0) is 36.8 Å². The predicted molar refractivity (Wildman–Crippen MR) is 112 cm³/mol. The Kier molecular flexibility index (Phi) is 5.10. The van der Waals surface area contributed by atoms with E-state index in [2.05, 4.69) is 20.7 Å². The van der Waals surface area contributed by atoms with E-state index in [9.17, 15) is 4.79 Å². The highest BCUT2D eigenvalue weighted by molar-refractivity contribution is 7.98. The summed E-state index contributed by atoms with van der Waals surface area (Å²) in [6.45, 7) is 1.88. The lowest BCUT2D eigenvalue weighted by molar-refractivity contribution is -0.113. The second-order valence-corrected chi connectivity index (χ2v) is 7.86. The van der Waals surface area contributed by atoms with E-state index in [1.54, 1.807) is 23.1 Å². The fraction of sp³-hybridized carbons (Fsp3) is 0.211. The number of carbonyl (C=O) groups is 1. The third-order valence-corrected chi connectivity index (χ3v) is 5.89. The van der Waals surface area contributed by atoms with Gasteiger partial charge < -0.3 is 15.4 Å². The molecular formula is C19H19N5O2S2. The van der Waals surface area contributed by atoms with Crippen LogP contribution in [0.15, 0.2) is 58.2 Å². The van der Waals surface area contributed by atoms with Crippen LogP contribution in [0.3, 0.4) is 0 Å². The maximum Gasteiger partial charge on any atom is 0.256 e. The van der Waals surface area contributed by atoms with Gasteiger partial charge in [-0.15, -0.1) is 16.4 Å². The van der Waals surface area contributed by atoms with Crippen molar-refractivity contribution >= 4 is 40.6 Å². The molecule has 1 amide bonds. The van der Waals surface area contributed by atoms with Crippen molar-refractivity contribution in [3.8, 4) is 5.75 Å². The Morgan fingerprint density at radius 3 is 2.86 bits per heavy atom. The molecule has 0 spiro atoms. The minimum absolute atomic E-state index is 0.209. The average molecular weight is 414 g/mol. The van der Waals surface area contributed by atoms with Gasteiger partial charge in [0.1, 0.15) is 11.8 Å². The quantitative estimate of drug-likeness (QED) is 0.616. The normalized spacial score (nSPS) is 15.8. The van der Waals surface area contributed by atoms with Crippen LogP contribution in [0.2, 0.25) is 0 Å². The Morgan fingerprint density at radius 2 is 2.14 bits per heavy atom. The number of nitrogens with zero attached hydrogens (tertiary/aromatic N) is 3. The Labute approximate surface area is 170 Å². The summed E-state index contributed by atoms with van der Waals surface area (Å²) in [6, 6.07) is 11.0. The fourth-order valence-electron chi connectivity index (χ4n) is 3.16. The first-order chi connectivity index (χ1) is 13.6. The molecule has 3 aromatic rings. The van der Waals surface area contributed by atoms with Gasteiger partial charge in [0.25, 0.3) is 5.91 Å². The number of thiophene rings is 1. The molecule has 3 heterocycles. The van der Waals surface area contributed by atoms with E-state index in [-0.39, 0.29) is 11.9 Å². The summed E-state index contributed by atoms with van der Waals surface area (Å²) >= 11 is 3.05. The van der Waals surface area contributed by atoms with Crippen LogP contribution in [0, 0.1) is 0 Å². The van der Waals surface area contributed by atoms with E-state index in [4.69, 9.17) is 4.74 Å². The molecule has 2 N–H and O–H groups in total. The Balaban J connectivity index is 1.76. The van der Waals surface area contributed by atoms with E-state index < -0.39 is 0 Å². The fourth-order valence-corrected chi connectivity index (χ4v) is 4.32. The molecule has 28 heavy (non-hydrogen) atoms. The number of ether oxygens (including phenoxy) is 1. The van der Waals surface area contributed by atoms with E-state index >= 15 is 0 Å². The van der Waals surface area contributed by atoms with Crippen molar-refractivity contribution in [2.75, 3.05) is 24.0 Å².